The van der Waals surface area contributed by atoms with Gasteiger partial charge in [0.1, 0.15) is 4.90 Å². The third-order valence-corrected chi connectivity index (χ3v) is 4.75. The summed E-state index contributed by atoms with van der Waals surface area (Å²) in [5.41, 5.74) is 0.637. The highest BCUT2D eigenvalue weighted by Gasteiger charge is 2.20. The molecule has 0 radical (unpaired) electrons. The number of nitrogens with one attached hydrogen (secondary N) is 2. The van der Waals surface area contributed by atoms with Crippen molar-refractivity contribution in [1.82, 2.24) is 9.71 Å². The Balaban J connectivity index is 2.00. The topological polar surface area (TPSA) is 79.0 Å². The molecule has 0 aliphatic rings. The van der Waals surface area contributed by atoms with Crippen LogP contribution in [0, 0.1) is 0 Å². The van der Waals surface area contributed by atoms with Crippen molar-refractivity contribution in [3.63, 3.8) is 0 Å². The number of aryl methyl sites for hydroxylation is 1. The number of benzene rings is 1. The molecule has 1 aromatic heterocycles. The monoisotopic (exact) mass is 306 g/mol. The van der Waals surface area contributed by atoms with E-state index in [0.717, 1.165) is 12.0 Å². The number of H-pyrrole nitrogens is 1. The summed E-state index contributed by atoms with van der Waals surface area (Å²) in [6.45, 7) is 1.79. The smallest absolute Gasteiger partial charge is 0.246 e. The van der Waals surface area contributed by atoms with Crippen LogP contribution in [0.5, 0.6) is 0 Å². The third kappa shape index (κ3) is 4.27. The highest BCUT2D eigenvalue weighted by molar-refractivity contribution is 7.89. The summed E-state index contributed by atoms with van der Waals surface area (Å²) >= 11 is 0. The molecule has 0 bridgehead atoms. The van der Waals surface area contributed by atoms with Crippen LogP contribution in [-0.2, 0) is 16.4 Å². The Morgan fingerprint density at radius 2 is 1.90 bits per heavy atom. The van der Waals surface area contributed by atoms with Gasteiger partial charge in [-0.2, -0.15) is 0 Å². The van der Waals surface area contributed by atoms with Gasteiger partial charge in [0.05, 0.1) is 0 Å². The maximum atomic E-state index is 12.1. The van der Waals surface area contributed by atoms with Crippen LogP contribution in [0.3, 0.4) is 0 Å². The summed E-state index contributed by atoms with van der Waals surface area (Å²) in [5, 5.41) is 0. The van der Waals surface area contributed by atoms with Crippen LogP contribution >= 0.6 is 0 Å². The van der Waals surface area contributed by atoms with Crippen molar-refractivity contribution >= 4 is 10.0 Å². The minimum absolute atomic E-state index is 0.253. The van der Waals surface area contributed by atoms with Crippen molar-refractivity contribution in [2.45, 2.75) is 30.7 Å². The number of aromatic nitrogens is 1. The average molecular weight is 306 g/mol. The predicted molar refractivity (Wildman–Crippen MR) is 81.6 cm³/mol. The van der Waals surface area contributed by atoms with Gasteiger partial charge in [0.2, 0.25) is 15.5 Å². The van der Waals surface area contributed by atoms with Gasteiger partial charge in [0.15, 0.2) is 0 Å². The molecule has 6 heteroatoms. The average Bonchev–Trinajstić information content (AvgIpc) is 2.46. The van der Waals surface area contributed by atoms with Gasteiger partial charge in [0.25, 0.3) is 0 Å². The molecule has 1 heterocycles. The Labute approximate surface area is 124 Å². The molecule has 0 aliphatic carbocycles. The molecule has 1 aromatic carbocycles. The molecular weight excluding hydrogens is 288 g/mol. The van der Waals surface area contributed by atoms with Gasteiger partial charge >= 0.3 is 0 Å². The molecule has 0 aliphatic heterocycles. The standard InChI is InChI=1S/C15H18N2O3S/c1-12(7-8-13-5-3-2-4-6-13)17-21(19,20)15-11-16-10-9-14(15)18/h2-6,9-12,17H,7-8H2,1H3,(H,16,18). The molecule has 2 aromatic rings. The second-order valence-electron chi connectivity index (χ2n) is 4.92. The van der Waals surface area contributed by atoms with E-state index in [9.17, 15) is 13.2 Å². The van der Waals surface area contributed by atoms with E-state index in [4.69, 9.17) is 0 Å². The minimum atomic E-state index is -3.79. The summed E-state index contributed by atoms with van der Waals surface area (Å²) in [5.74, 6) is 0. The molecule has 1 atom stereocenters. The molecule has 0 saturated carbocycles. The second-order valence-corrected chi connectivity index (χ2v) is 6.60. The summed E-state index contributed by atoms with van der Waals surface area (Å²) in [4.78, 5) is 14.0. The zero-order chi connectivity index (χ0) is 15.3. The third-order valence-electron chi connectivity index (χ3n) is 3.14. The molecule has 112 valence electrons. The van der Waals surface area contributed by atoms with Crippen molar-refractivity contribution < 1.29 is 8.42 Å². The lowest BCUT2D eigenvalue weighted by atomic mass is 10.1. The van der Waals surface area contributed by atoms with E-state index in [1.807, 2.05) is 30.3 Å². The molecule has 0 fully saturated rings. The first-order valence-corrected chi connectivity index (χ1v) is 8.21. The first-order chi connectivity index (χ1) is 9.99. The Bertz CT molecular complexity index is 739. The summed E-state index contributed by atoms with van der Waals surface area (Å²) in [6, 6.07) is 10.8. The summed E-state index contributed by atoms with van der Waals surface area (Å²) in [7, 11) is -3.79. The van der Waals surface area contributed by atoms with E-state index in [0.29, 0.717) is 6.42 Å². The first-order valence-electron chi connectivity index (χ1n) is 6.72. The quantitative estimate of drug-likeness (QED) is 0.852. The van der Waals surface area contributed by atoms with Crippen molar-refractivity contribution in [2.75, 3.05) is 0 Å². The molecular formula is C15H18N2O3S. The van der Waals surface area contributed by atoms with Gasteiger partial charge in [-0.25, -0.2) is 13.1 Å². The maximum Gasteiger partial charge on any atom is 0.246 e. The lowest BCUT2D eigenvalue weighted by Gasteiger charge is -2.13. The number of sulfonamides is 1. The zero-order valence-corrected chi connectivity index (χ0v) is 12.6. The minimum Gasteiger partial charge on any atom is -0.366 e. The molecule has 0 spiro atoms. The van der Waals surface area contributed by atoms with Crippen LogP contribution in [0.4, 0.5) is 0 Å². The highest BCUT2D eigenvalue weighted by Crippen LogP contribution is 2.07. The fourth-order valence-electron chi connectivity index (χ4n) is 2.03. The van der Waals surface area contributed by atoms with E-state index in [1.54, 1.807) is 6.92 Å². The van der Waals surface area contributed by atoms with Crippen molar-refractivity contribution in [3.8, 4) is 0 Å². The molecule has 2 rings (SSSR count). The van der Waals surface area contributed by atoms with Crippen LogP contribution in [0.1, 0.15) is 18.9 Å². The lowest BCUT2D eigenvalue weighted by Crippen LogP contribution is -2.35. The van der Waals surface area contributed by atoms with Crippen LogP contribution in [0.25, 0.3) is 0 Å². The van der Waals surface area contributed by atoms with Gasteiger partial charge < -0.3 is 4.98 Å². The maximum absolute atomic E-state index is 12.1. The van der Waals surface area contributed by atoms with Crippen molar-refractivity contribution in [2.24, 2.45) is 0 Å². The number of rotatable bonds is 6. The molecule has 0 amide bonds. The highest BCUT2D eigenvalue weighted by atomic mass is 32.2. The Morgan fingerprint density at radius 1 is 1.19 bits per heavy atom. The van der Waals surface area contributed by atoms with E-state index in [-0.39, 0.29) is 10.9 Å². The first kappa shape index (κ1) is 15.5. The predicted octanol–water partition coefficient (Wildman–Crippen LogP) is 1.67. The van der Waals surface area contributed by atoms with Crippen LogP contribution in [-0.4, -0.2) is 19.4 Å². The van der Waals surface area contributed by atoms with E-state index < -0.39 is 15.5 Å². The molecule has 0 saturated heterocycles. The van der Waals surface area contributed by atoms with Crippen LogP contribution in [0.15, 0.2) is 58.5 Å². The largest absolute Gasteiger partial charge is 0.366 e. The fourth-order valence-corrected chi connectivity index (χ4v) is 3.36. The van der Waals surface area contributed by atoms with Crippen LogP contribution in [0.2, 0.25) is 0 Å². The van der Waals surface area contributed by atoms with Crippen molar-refractivity contribution in [3.05, 3.63) is 64.6 Å². The summed E-state index contributed by atoms with van der Waals surface area (Å²) < 4.78 is 26.8. The van der Waals surface area contributed by atoms with Gasteiger partial charge in [-0.1, -0.05) is 30.3 Å². The SMILES string of the molecule is CC(CCc1ccccc1)NS(=O)(=O)c1c[nH]ccc1=O. The summed E-state index contributed by atoms with van der Waals surface area (Å²) in [6.07, 6.45) is 4.04. The van der Waals surface area contributed by atoms with Crippen LogP contribution < -0.4 is 10.2 Å². The number of hydrogen-bond donors (Lipinski definition) is 2. The zero-order valence-electron chi connectivity index (χ0n) is 11.7. The van der Waals surface area contributed by atoms with Gasteiger partial charge in [-0.15, -0.1) is 0 Å². The number of aromatic amines is 1. The number of pyridine rings is 1. The lowest BCUT2D eigenvalue weighted by molar-refractivity contribution is 0.546. The van der Waals surface area contributed by atoms with E-state index in [2.05, 4.69) is 9.71 Å². The molecule has 2 N–H and O–H groups in total. The molecule has 5 nitrogen and oxygen atoms in total. The molecule has 21 heavy (non-hydrogen) atoms. The van der Waals surface area contributed by atoms with Gasteiger partial charge in [-0.3, -0.25) is 4.79 Å². The van der Waals surface area contributed by atoms with Gasteiger partial charge in [-0.05, 0) is 25.3 Å². The normalized spacial score (nSPS) is 13.0. The van der Waals surface area contributed by atoms with Crippen molar-refractivity contribution in [1.29, 1.82) is 0 Å². The second kappa shape index (κ2) is 6.69. The molecule has 1 unspecified atom stereocenters. The number of hydrogen-bond acceptors (Lipinski definition) is 3. The van der Waals surface area contributed by atoms with Gasteiger partial charge in [0, 0.05) is 24.5 Å². The fraction of sp³-hybridized carbons (Fsp3) is 0.267. The van der Waals surface area contributed by atoms with E-state index in [1.165, 1.54) is 18.5 Å². The Hall–Kier alpha value is -1.92. The Kier molecular flexibility index (Phi) is 4.93. The van der Waals surface area contributed by atoms with E-state index >= 15 is 0 Å². The Morgan fingerprint density at radius 3 is 2.57 bits per heavy atom.